The van der Waals surface area contributed by atoms with Gasteiger partial charge in [-0.15, -0.1) is 0 Å². The van der Waals surface area contributed by atoms with Crippen molar-refractivity contribution in [2.75, 3.05) is 19.0 Å². The van der Waals surface area contributed by atoms with E-state index in [1.54, 1.807) is 65.6 Å². The van der Waals surface area contributed by atoms with Crippen molar-refractivity contribution in [1.82, 2.24) is 10.2 Å². The standard InChI is InChI=1S/C29H27N3O5/c1-37-29(23-9-4-2-5-10-23,31-28(36)30-24-11-6-3-7-12-24)27(35)32-20-8-13-25(32)19-16-21-14-17-22(18-15-21)26(33)34/h2-7,9-12,14-15,17-18,25H,8,13,20H2,1H3,(H,33,34)(H2,30,31,36). The molecule has 0 aliphatic carbocycles. The van der Waals surface area contributed by atoms with E-state index in [9.17, 15) is 14.4 Å². The highest BCUT2D eigenvalue weighted by molar-refractivity contribution is 5.96. The van der Waals surface area contributed by atoms with Crippen molar-refractivity contribution in [3.05, 3.63) is 102 Å². The maximum Gasteiger partial charge on any atom is 0.335 e. The number of ether oxygens (including phenoxy) is 1. The molecule has 0 saturated carbocycles. The molecule has 3 aromatic carbocycles. The van der Waals surface area contributed by atoms with E-state index in [-0.39, 0.29) is 5.56 Å². The molecular weight excluding hydrogens is 470 g/mol. The zero-order valence-corrected chi connectivity index (χ0v) is 20.3. The maximum absolute atomic E-state index is 14.1. The number of aromatic carboxylic acids is 1. The summed E-state index contributed by atoms with van der Waals surface area (Å²) in [6, 6.07) is 23.0. The van der Waals surface area contributed by atoms with Crippen LogP contribution < -0.4 is 10.6 Å². The Balaban J connectivity index is 1.61. The lowest BCUT2D eigenvalue weighted by Gasteiger charge is -2.36. The Hall–Kier alpha value is -4.61. The molecular formula is C29H27N3O5. The van der Waals surface area contributed by atoms with Crippen LogP contribution in [0.5, 0.6) is 0 Å². The average molecular weight is 498 g/mol. The number of benzene rings is 3. The lowest BCUT2D eigenvalue weighted by atomic mass is 10.00. The molecule has 3 aromatic rings. The van der Waals surface area contributed by atoms with Gasteiger partial charge in [0.05, 0.1) is 11.6 Å². The minimum Gasteiger partial charge on any atom is -0.478 e. The SMILES string of the molecule is COC(NC(=O)Nc1ccccc1)(C(=O)N1CCCC1C#Cc1ccc(C(=O)O)cc1)c1ccccc1. The molecule has 1 aliphatic rings. The molecule has 1 aliphatic heterocycles. The third-order valence-corrected chi connectivity index (χ3v) is 6.14. The third-order valence-electron chi connectivity index (χ3n) is 6.14. The highest BCUT2D eigenvalue weighted by atomic mass is 16.5. The van der Waals surface area contributed by atoms with E-state index < -0.39 is 29.7 Å². The zero-order chi connectivity index (χ0) is 26.3. The van der Waals surface area contributed by atoms with Crippen LogP contribution in [-0.4, -0.2) is 47.6 Å². The minimum atomic E-state index is -1.77. The van der Waals surface area contributed by atoms with Crippen molar-refractivity contribution in [1.29, 1.82) is 0 Å². The average Bonchev–Trinajstić information content (AvgIpc) is 3.40. The lowest BCUT2D eigenvalue weighted by molar-refractivity contribution is -0.159. The zero-order valence-electron chi connectivity index (χ0n) is 20.3. The number of likely N-dealkylation sites (tertiary alicyclic amines) is 1. The summed E-state index contributed by atoms with van der Waals surface area (Å²) in [5, 5.41) is 14.6. The number of nitrogens with zero attached hydrogens (tertiary/aromatic N) is 1. The predicted molar refractivity (Wildman–Crippen MR) is 139 cm³/mol. The number of nitrogens with one attached hydrogen (secondary N) is 2. The first-order valence-electron chi connectivity index (χ1n) is 11.8. The Morgan fingerprint density at radius 3 is 2.24 bits per heavy atom. The number of anilines is 1. The number of urea groups is 1. The molecule has 2 atom stereocenters. The number of carbonyl (C=O) groups is 3. The second-order valence-corrected chi connectivity index (χ2v) is 8.50. The van der Waals surface area contributed by atoms with Crippen LogP contribution in [0.25, 0.3) is 0 Å². The summed E-state index contributed by atoms with van der Waals surface area (Å²) in [6.45, 7) is 0.454. The predicted octanol–water partition coefficient (Wildman–Crippen LogP) is 4.05. The summed E-state index contributed by atoms with van der Waals surface area (Å²) in [5.74, 6) is 4.75. The summed E-state index contributed by atoms with van der Waals surface area (Å²) in [6.07, 6.45) is 1.41. The van der Waals surface area contributed by atoms with Gasteiger partial charge in [-0.1, -0.05) is 60.4 Å². The van der Waals surface area contributed by atoms with Crippen LogP contribution in [-0.2, 0) is 15.3 Å². The monoisotopic (exact) mass is 497 g/mol. The number of amides is 3. The van der Waals surface area contributed by atoms with Crippen LogP contribution >= 0.6 is 0 Å². The second-order valence-electron chi connectivity index (χ2n) is 8.50. The van der Waals surface area contributed by atoms with Crippen LogP contribution in [0.2, 0.25) is 0 Å². The van der Waals surface area contributed by atoms with Crippen LogP contribution in [0.1, 0.15) is 34.3 Å². The number of hydrogen-bond donors (Lipinski definition) is 3. The first-order valence-corrected chi connectivity index (χ1v) is 11.8. The van der Waals surface area contributed by atoms with Gasteiger partial charge >= 0.3 is 12.0 Å². The summed E-state index contributed by atoms with van der Waals surface area (Å²) in [5.41, 5.74) is 0.104. The lowest BCUT2D eigenvalue weighted by Crippen LogP contribution is -2.60. The highest BCUT2D eigenvalue weighted by Gasteiger charge is 2.47. The van der Waals surface area contributed by atoms with Gasteiger partial charge in [0.15, 0.2) is 0 Å². The van der Waals surface area contributed by atoms with E-state index in [1.165, 1.54) is 19.2 Å². The fourth-order valence-electron chi connectivity index (χ4n) is 4.25. The van der Waals surface area contributed by atoms with Gasteiger partial charge in [-0.3, -0.25) is 10.1 Å². The van der Waals surface area contributed by atoms with Gasteiger partial charge in [-0.25, -0.2) is 9.59 Å². The first kappa shape index (κ1) is 25.5. The Bertz CT molecular complexity index is 1320. The summed E-state index contributed by atoms with van der Waals surface area (Å²) in [7, 11) is 1.38. The quantitative estimate of drug-likeness (QED) is 0.352. The van der Waals surface area contributed by atoms with Crippen molar-refractivity contribution >= 4 is 23.6 Å². The van der Waals surface area contributed by atoms with Gasteiger partial charge < -0.3 is 20.1 Å². The summed E-state index contributed by atoms with van der Waals surface area (Å²) >= 11 is 0. The number of carbonyl (C=O) groups excluding carboxylic acids is 2. The van der Waals surface area contributed by atoms with Crippen molar-refractivity contribution in [3.8, 4) is 11.8 Å². The van der Waals surface area contributed by atoms with Gasteiger partial charge in [-0.05, 0) is 49.2 Å². The van der Waals surface area contributed by atoms with Crippen LogP contribution in [0.3, 0.4) is 0 Å². The number of hydrogen-bond acceptors (Lipinski definition) is 4. The Labute approximate surface area is 215 Å². The molecule has 0 radical (unpaired) electrons. The molecule has 1 fully saturated rings. The molecule has 8 heteroatoms. The van der Waals surface area contributed by atoms with E-state index in [1.807, 2.05) is 12.1 Å². The van der Waals surface area contributed by atoms with Crippen LogP contribution in [0, 0.1) is 11.8 Å². The topological polar surface area (TPSA) is 108 Å². The smallest absolute Gasteiger partial charge is 0.335 e. The second kappa shape index (κ2) is 11.4. The number of carboxylic acid groups (broad SMARTS) is 1. The number of methoxy groups -OCH3 is 1. The number of carboxylic acids is 1. The van der Waals surface area contributed by atoms with Gasteiger partial charge in [0.1, 0.15) is 0 Å². The minimum absolute atomic E-state index is 0.177. The summed E-state index contributed by atoms with van der Waals surface area (Å²) < 4.78 is 5.79. The first-order chi connectivity index (χ1) is 17.9. The van der Waals surface area contributed by atoms with Crippen LogP contribution in [0.15, 0.2) is 84.9 Å². The Morgan fingerprint density at radius 1 is 0.973 bits per heavy atom. The van der Waals surface area contributed by atoms with Gasteiger partial charge in [-0.2, -0.15) is 0 Å². The van der Waals surface area contributed by atoms with E-state index in [4.69, 9.17) is 9.84 Å². The molecule has 0 spiro atoms. The number of para-hydroxylation sites is 1. The fourth-order valence-corrected chi connectivity index (χ4v) is 4.25. The molecule has 1 saturated heterocycles. The Kier molecular flexibility index (Phi) is 7.86. The van der Waals surface area contributed by atoms with Gasteiger partial charge in [0.2, 0.25) is 5.72 Å². The van der Waals surface area contributed by atoms with Crippen molar-refractivity contribution in [2.24, 2.45) is 0 Å². The molecule has 2 unspecified atom stereocenters. The molecule has 4 rings (SSSR count). The Morgan fingerprint density at radius 2 is 1.62 bits per heavy atom. The summed E-state index contributed by atoms with van der Waals surface area (Å²) in [4.78, 5) is 39.8. The van der Waals surface area contributed by atoms with Gasteiger partial charge in [0.25, 0.3) is 5.91 Å². The normalized spacial score (nSPS) is 16.1. The molecule has 3 amide bonds. The van der Waals surface area contributed by atoms with E-state index in [2.05, 4.69) is 22.5 Å². The third kappa shape index (κ3) is 5.80. The molecule has 188 valence electrons. The largest absolute Gasteiger partial charge is 0.478 e. The van der Waals surface area contributed by atoms with Crippen molar-refractivity contribution in [3.63, 3.8) is 0 Å². The fraction of sp³-hybridized carbons (Fsp3) is 0.207. The van der Waals surface area contributed by atoms with Gasteiger partial charge in [0, 0.05) is 30.5 Å². The van der Waals surface area contributed by atoms with E-state index in [0.717, 1.165) is 6.42 Å². The maximum atomic E-state index is 14.1. The molecule has 1 heterocycles. The molecule has 0 aromatic heterocycles. The molecule has 0 bridgehead atoms. The van der Waals surface area contributed by atoms with Crippen molar-refractivity contribution < 1.29 is 24.2 Å². The number of rotatable bonds is 6. The molecule has 8 nitrogen and oxygen atoms in total. The highest BCUT2D eigenvalue weighted by Crippen LogP contribution is 2.29. The van der Waals surface area contributed by atoms with Crippen molar-refractivity contribution in [2.45, 2.75) is 24.6 Å². The van der Waals surface area contributed by atoms with E-state index >= 15 is 0 Å². The molecule has 3 N–H and O–H groups in total. The van der Waals surface area contributed by atoms with E-state index in [0.29, 0.717) is 29.8 Å². The molecule has 37 heavy (non-hydrogen) atoms. The van der Waals surface area contributed by atoms with Crippen LogP contribution in [0.4, 0.5) is 10.5 Å².